The summed E-state index contributed by atoms with van der Waals surface area (Å²) in [7, 11) is 0. The van der Waals surface area contributed by atoms with Crippen LogP contribution in [0.5, 0.6) is 0 Å². The second kappa shape index (κ2) is 5.26. The van der Waals surface area contributed by atoms with Crippen LogP contribution in [0.2, 0.25) is 0 Å². The maximum Gasteiger partial charge on any atom is 0.236 e. The molecule has 1 rings (SSSR count). The van der Waals surface area contributed by atoms with Crippen LogP contribution in [-0.2, 0) is 9.59 Å². The minimum Gasteiger partial charge on any atom is -0.300 e. The van der Waals surface area contributed by atoms with Gasteiger partial charge in [-0.15, -0.1) is 0 Å². The van der Waals surface area contributed by atoms with Crippen LogP contribution in [0.1, 0.15) is 46.0 Å². The van der Waals surface area contributed by atoms with E-state index in [4.69, 9.17) is 5.84 Å². The Morgan fingerprint density at radius 2 is 1.80 bits per heavy atom. The summed E-state index contributed by atoms with van der Waals surface area (Å²) in [5.74, 6) is 6.16. The Bertz CT molecular complexity index is 245. The van der Waals surface area contributed by atoms with E-state index in [-0.39, 0.29) is 23.7 Å². The maximum absolute atomic E-state index is 11.4. The third-order valence-electron chi connectivity index (χ3n) is 3.26. The Morgan fingerprint density at radius 1 is 1.27 bits per heavy atom. The lowest BCUT2D eigenvalue weighted by Crippen LogP contribution is -2.47. The fourth-order valence-electron chi connectivity index (χ4n) is 2.15. The molecule has 1 aliphatic carbocycles. The number of carbonyl (C=O) groups is 2. The molecule has 0 bridgehead atoms. The first kappa shape index (κ1) is 12.2. The van der Waals surface area contributed by atoms with Crippen molar-refractivity contribution in [3.8, 4) is 0 Å². The summed E-state index contributed by atoms with van der Waals surface area (Å²) in [5.41, 5.74) is 0. The number of nitrogens with two attached hydrogens (primary N) is 1. The van der Waals surface area contributed by atoms with E-state index in [1.165, 1.54) is 5.01 Å². The van der Waals surface area contributed by atoms with Gasteiger partial charge >= 0.3 is 0 Å². The normalized spacial score (nSPS) is 26.1. The Kier molecular flexibility index (Phi) is 4.27. The lowest BCUT2D eigenvalue weighted by atomic mass is 9.83. The number of hydrogen-bond acceptors (Lipinski definition) is 3. The average Bonchev–Trinajstić information content (AvgIpc) is 2.27. The molecule has 0 atom stereocenters. The van der Waals surface area contributed by atoms with Gasteiger partial charge in [0.25, 0.3) is 0 Å². The third-order valence-corrected chi connectivity index (χ3v) is 3.26. The van der Waals surface area contributed by atoms with E-state index < -0.39 is 0 Å². The molecule has 0 heterocycles. The van der Waals surface area contributed by atoms with Crippen LogP contribution in [0.15, 0.2) is 0 Å². The van der Waals surface area contributed by atoms with Gasteiger partial charge in [-0.25, -0.2) is 5.84 Å². The van der Waals surface area contributed by atoms with Crippen LogP contribution >= 0.6 is 0 Å². The third kappa shape index (κ3) is 3.02. The molecule has 4 heteroatoms. The quantitative estimate of drug-likeness (QED) is 0.435. The van der Waals surface area contributed by atoms with Gasteiger partial charge in [-0.3, -0.25) is 14.6 Å². The van der Waals surface area contributed by atoms with Gasteiger partial charge in [0.15, 0.2) is 0 Å². The molecule has 1 aliphatic rings. The van der Waals surface area contributed by atoms with Crippen molar-refractivity contribution in [1.82, 2.24) is 5.01 Å². The van der Waals surface area contributed by atoms with Gasteiger partial charge in [-0.2, -0.15) is 0 Å². The fourth-order valence-corrected chi connectivity index (χ4v) is 2.15. The lowest BCUT2D eigenvalue weighted by molar-refractivity contribution is -0.134. The smallest absolute Gasteiger partial charge is 0.236 e. The van der Waals surface area contributed by atoms with E-state index in [1.807, 2.05) is 6.92 Å². The molecule has 0 spiro atoms. The minimum absolute atomic E-state index is 0.0127. The number of hydrazine groups is 1. The van der Waals surface area contributed by atoms with E-state index >= 15 is 0 Å². The van der Waals surface area contributed by atoms with E-state index in [0.717, 1.165) is 25.7 Å². The summed E-state index contributed by atoms with van der Waals surface area (Å²) in [6.07, 6.45) is 3.89. The van der Waals surface area contributed by atoms with Crippen LogP contribution in [-0.4, -0.2) is 22.7 Å². The molecule has 0 radical (unpaired) electrons. The predicted molar refractivity (Wildman–Crippen MR) is 57.8 cm³/mol. The van der Waals surface area contributed by atoms with Crippen molar-refractivity contribution in [2.75, 3.05) is 0 Å². The zero-order valence-electron chi connectivity index (χ0n) is 9.53. The second-order valence-corrected chi connectivity index (χ2v) is 4.27. The first-order chi connectivity index (χ1) is 7.06. The number of hydrogen-bond donors (Lipinski definition) is 1. The van der Waals surface area contributed by atoms with Crippen LogP contribution in [0.3, 0.4) is 0 Å². The molecule has 4 nitrogen and oxygen atoms in total. The van der Waals surface area contributed by atoms with Crippen LogP contribution < -0.4 is 5.84 Å². The zero-order chi connectivity index (χ0) is 11.4. The van der Waals surface area contributed by atoms with Gasteiger partial charge < -0.3 is 0 Å². The second-order valence-electron chi connectivity index (χ2n) is 4.27. The molecule has 0 saturated heterocycles. The molecule has 1 amide bonds. The van der Waals surface area contributed by atoms with Gasteiger partial charge in [-0.1, -0.05) is 6.92 Å². The van der Waals surface area contributed by atoms with Crippen molar-refractivity contribution < 1.29 is 9.59 Å². The van der Waals surface area contributed by atoms with Crippen molar-refractivity contribution in [2.45, 2.75) is 52.0 Å². The van der Waals surface area contributed by atoms with Crippen molar-refractivity contribution in [3.63, 3.8) is 0 Å². The summed E-state index contributed by atoms with van der Waals surface area (Å²) in [5, 5.41) is 1.36. The summed E-state index contributed by atoms with van der Waals surface area (Å²) in [6, 6.07) is 0.132. The monoisotopic (exact) mass is 212 g/mol. The molecular weight excluding hydrogens is 192 g/mol. The molecule has 0 aromatic rings. The molecule has 0 aromatic carbocycles. The van der Waals surface area contributed by atoms with Gasteiger partial charge in [0.05, 0.1) is 0 Å². The fraction of sp³-hybridized carbons (Fsp3) is 0.818. The number of nitrogens with zero attached hydrogens (tertiary/aromatic N) is 1. The number of carbonyl (C=O) groups excluding carboxylic acids is 2. The lowest BCUT2D eigenvalue weighted by Gasteiger charge is -2.33. The van der Waals surface area contributed by atoms with E-state index in [9.17, 15) is 9.59 Å². The summed E-state index contributed by atoms with van der Waals surface area (Å²) in [6.45, 7) is 3.45. The van der Waals surface area contributed by atoms with Gasteiger partial charge in [0.1, 0.15) is 5.78 Å². The number of Topliss-reactive ketones (excluding diaryl/α,β-unsaturated/α-hetero) is 1. The van der Waals surface area contributed by atoms with Crippen molar-refractivity contribution in [3.05, 3.63) is 0 Å². The van der Waals surface area contributed by atoms with Gasteiger partial charge in [0, 0.05) is 18.4 Å². The topological polar surface area (TPSA) is 63.4 Å². The Labute approximate surface area is 90.8 Å². The first-order valence-corrected chi connectivity index (χ1v) is 5.63. The summed E-state index contributed by atoms with van der Waals surface area (Å²) >= 11 is 0. The molecule has 2 N–H and O–H groups in total. The maximum atomic E-state index is 11.4. The SMILES string of the molecule is CCC(=O)N(N)C1CCC(C(C)=O)CC1. The highest BCUT2D eigenvalue weighted by molar-refractivity contribution is 5.78. The average molecular weight is 212 g/mol. The number of amides is 1. The Hall–Kier alpha value is -0.900. The van der Waals surface area contributed by atoms with Crippen molar-refractivity contribution in [1.29, 1.82) is 0 Å². The zero-order valence-corrected chi connectivity index (χ0v) is 9.53. The number of ketones is 1. The summed E-state index contributed by atoms with van der Waals surface area (Å²) < 4.78 is 0. The van der Waals surface area contributed by atoms with Gasteiger partial charge in [0.2, 0.25) is 5.91 Å². The predicted octanol–water partition coefficient (Wildman–Crippen LogP) is 1.25. The Balaban J connectivity index is 2.43. The standard InChI is InChI=1S/C11H20N2O2/c1-3-11(15)13(12)10-6-4-9(5-7-10)8(2)14/h9-10H,3-7,12H2,1-2H3. The molecule has 86 valence electrons. The molecule has 1 saturated carbocycles. The Morgan fingerprint density at radius 3 is 2.20 bits per heavy atom. The van der Waals surface area contributed by atoms with Crippen LogP contribution in [0.25, 0.3) is 0 Å². The molecule has 0 aromatic heterocycles. The number of rotatable bonds is 3. The highest BCUT2D eigenvalue weighted by atomic mass is 16.2. The summed E-state index contributed by atoms with van der Waals surface area (Å²) in [4.78, 5) is 22.5. The molecule has 0 unspecified atom stereocenters. The van der Waals surface area contributed by atoms with E-state index in [2.05, 4.69) is 0 Å². The molecule has 0 aliphatic heterocycles. The van der Waals surface area contributed by atoms with E-state index in [0.29, 0.717) is 6.42 Å². The molecule has 1 fully saturated rings. The van der Waals surface area contributed by atoms with Crippen molar-refractivity contribution in [2.24, 2.45) is 11.8 Å². The highest BCUT2D eigenvalue weighted by Gasteiger charge is 2.28. The van der Waals surface area contributed by atoms with E-state index in [1.54, 1.807) is 6.92 Å². The van der Waals surface area contributed by atoms with Crippen molar-refractivity contribution >= 4 is 11.7 Å². The molecular formula is C11H20N2O2. The van der Waals surface area contributed by atoms with Gasteiger partial charge in [-0.05, 0) is 32.6 Å². The highest BCUT2D eigenvalue weighted by Crippen LogP contribution is 2.27. The minimum atomic E-state index is -0.0127. The largest absolute Gasteiger partial charge is 0.300 e. The van der Waals surface area contributed by atoms with Crippen LogP contribution in [0, 0.1) is 5.92 Å². The first-order valence-electron chi connectivity index (χ1n) is 5.63. The molecule has 15 heavy (non-hydrogen) atoms. The van der Waals surface area contributed by atoms with Crippen LogP contribution in [0.4, 0.5) is 0 Å².